The smallest absolute Gasteiger partial charge is 0.269 e. The monoisotopic (exact) mass is 453 g/mol. The van der Waals surface area contributed by atoms with Crippen LogP contribution in [0.1, 0.15) is 18.7 Å². The van der Waals surface area contributed by atoms with Crippen LogP contribution in [-0.4, -0.2) is 63.2 Å². The number of hydrogen-bond acceptors (Lipinski definition) is 10. The second kappa shape index (κ2) is 8.20. The topological polar surface area (TPSA) is 174 Å². The molecule has 1 saturated heterocycles. The van der Waals surface area contributed by atoms with Crippen LogP contribution in [0.2, 0.25) is 0 Å². The molecule has 1 aliphatic heterocycles. The number of fused-ring (bicyclic) bond motifs is 1. The van der Waals surface area contributed by atoms with E-state index in [1.54, 1.807) is 36.0 Å². The van der Waals surface area contributed by atoms with Gasteiger partial charge in [0.25, 0.3) is 5.69 Å². The number of nitrogens with one attached hydrogen (secondary N) is 1. The van der Waals surface area contributed by atoms with E-state index >= 15 is 0 Å². The summed E-state index contributed by atoms with van der Waals surface area (Å²) in [6.45, 7) is 1.76. The second-order valence-corrected chi connectivity index (χ2v) is 7.57. The van der Waals surface area contributed by atoms with Crippen molar-refractivity contribution in [2.75, 3.05) is 0 Å². The van der Waals surface area contributed by atoms with Gasteiger partial charge in [0.05, 0.1) is 22.8 Å². The summed E-state index contributed by atoms with van der Waals surface area (Å²) in [5, 5.41) is 38.3. The van der Waals surface area contributed by atoms with Gasteiger partial charge in [0.15, 0.2) is 17.4 Å². The maximum Gasteiger partial charge on any atom is 0.269 e. The molecule has 13 heteroatoms. The van der Waals surface area contributed by atoms with Crippen molar-refractivity contribution in [3.05, 3.63) is 58.7 Å². The quantitative estimate of drug-likeness (QED) is 0.285. The van der Waals surface area contributed by atoms with E-state index in [-0.39, 0.29) is 18.2 Å². The van der Waals surface area contributed by atoms with Crippen molar-refractivity contribution in [3.63, 3.8) is 0 Å². The Bertz CT molecular complexity index is 1290. The first-order valence-electron chi connectivity index (χ1n) is 10.0. The van der Waals surface area contributed by atoms with Gasteiger partial charge in [-0.2, -0.15) is 10.1 Å². The average molecular weight is 453 g/mol. The van der Waals surface area contributed by atoms with E-state index < -0.39 is 29.5 Å². The van der Waals surface area contributed by atoms with Crippen LogP contribution >= 0.6 is 0 Å². The molecule has 0 aliphatic carbocycles. The van der Waals surface area contributed by atoms with Gasteiger partial charge in [-0.3, -0.25) is 19.8 Å². The van der Waals surface area contributed by atoms with Crippen LogP contribution in [-0.2, 0) is 11.3 Å². The molecule has 0 saturated carbocycles. The molecular weight excluding hydrogens is 434 g/mol. The van der Waals surface area contributed by atoms with Crippen molar-refractivity contribution >= 4 is 16.9 Å². The lowest BCUT2D eigenvalue weighted by molar-refractivity contribution is -0.384. The summed E-state index contributed by atoms with van der Waals surface area (Å²) in [7, 11) is 0. The third-order valence-electron chi connectivity index (χ3n) is 5.45. The van der Waals surface area contributed by atoms with E-state index in [1.165, 1.54) is 18.5 Å². The Hall–Kier alpha value is -3.94. The van der Waals surface area contributed by atoms with Gasteiger partial charge in [0.1, 0.15) is 31.0 Å². The summed E-state index contributed by atoms with van der Waals surface area (Å²) < 4.78 is 13.2. The van der Waals surface area contributed by atoms with Gasteiger partial charge in [-0.1, -0.05) is 0 Å². The third kappa shape index (κ3) is 3.67. The van der Waals surface area contributed by atoms with Gasteiger partial charge in [-0.15, -0.1) is 0 Å². The zero-order valence-corrected chi connectivity index (χ0v) is 17.3. The molecule has 0 radical (unpaired) electrons. The molecule has 13 nitrogen and oxygen atoms in total. The van der Waals surface area contributed by atoms with Crippen molar-refractivity contribution in [2.45, 2.75) is 38.1 Å². The molecule has 0 bridgehead atoms. The summed E-state index contributed by atoms with van der Waals surface area (Å²) in [6, 6.07) is 5.98. The molecule has 3 N–H and O–H groups in total. The molecule has 1 fully saturated rings. The van der Waals surface area contributed by atoms with Crippen LogP contribution < -0.4 is 4.74 Å². The van der Waals surface area contributed by atoms with E-state index in [0.717, 1.165) is 0 Å². The second-order valence-electron chi connectivity index (χ2n) is 7.57. The predicted molar refractivity (Wildman–Crippen MR) is 112 cm³/mol. The Labute approximate surface area is 185 Å². The summed E-state index contributed by atoms with van der Waals surface area (Å²) in [5.41, 5.74) is 1.96. The molecular formula is C20H19N7O6. The number of benzene rings is 1. The van der Waals surface area contributed by atoms with Gasteiger partial charge in [0, 0.05) is 18.3 Å². The molecule has 33 heavy (non-hydrogen) atoms. The zero-order valence-electron chi connectivity index (χ0n) is 17.3. The summed E-state index contributed by atoms with van der Waals surface area (Å²) in [4.78, 5) is 23.5. The van der Waals surface area contributed by atoms with Crippen molar-refractivity contribution in [1.82, 2.24) is 29.7 Å². The molecule has 170 valence electrons. The number of rotatable bonds is 6. The predicted octanol–water partition coefficient (Wildman–Crippen LogP) is 1.34. The lowest BCUT2D eigenvalue weighted by atomic mass is 10.1. The highest BCUT2D eigenvalue weighted by molar-refractivity contribution is 5.81. The minimum absolute atomic E-state index is 0.0155. The lowest BCUT2D eigenvalue weighted by Gasteiger charge is -2.19. The van der Waals surface area contributed by atoms with Crippen LogP contribution in [0.25, 0.3) is 22.6 Å². The maximum atomic E-state index is 10.8. The molecule has 0 spiro atoms. The number of nitro groups is 1. The zero-order chi connectivity index (χ0) is 23.1. The Morgan fingerprint density at radius 1 is 1.24 bits per heavy atom. The van der Waals surface area contributed by atoms with Crippen molar-refractivity contribution in [2.24, 2.45) is 0 Å². The molecule has 4 aromatic rings. The minimum atomic E-state index is -1.21. The fourth-order valence-corrected chi connectivity index (χ4v) is 3.72. The van der Waals surface area contributed by atoms with Gasteiger partial charge in [-0.25, -0.2) is 9.97 Å². The number of H-pyrrole nitrogens is 1. The van der Waals surface area contributed by atoms with Crippen molar-refractivity contribution in [3.8, 4) is 17.3 Å². The highest BCUT2D eigenvalue weighted by atomic mass is 16.6. The van der Waals surface area contributed by atoms with Gasteiger partial charge in [-0.05, 0) is 24.6 Å². The number of nitro benzene ring substituents is 1. The Morgan fingerprint density at radius 3 is 2.67 bits per heavy atom. The molecule has 4 atom stereocenters. The molecule has 5 rings (SSSR count). The number of nitrogens with zero attached hydrogens (tertiary/aromatic N) is 6. The Kier molecular flexibility index (Phi) is 5.20. The van der Waals surface area contributed by atoms with Gasteiger partial charge < -0.3 is 19.7 Å². The minimum Gasteiger partial charge on any atom is -0.471 e. The summed E-state index contributed by atoms with van der Waals surface area (Å²) >= 11 is 0. The van der Waals surface area contributed by atoms with E-state index in [1.807, 2.05) is 0 Å². The number of imidazole rings is 1. The van der Waals surface area contributed by atoms with Gasteiger partial charge in [0.2, 0.25) is 5.88 Å². The van der Waals surface area contributed by atoms with Crippen LogP contribution in [0.4, 0.5) is 5.69 Å². The van der Waals surface area contributed by atoms with E-state index in [0.29, 0.717) is 28.1 Å². The Morgan fingerprint density at radius 2 is 2.03 bits per heavy atom. The molecule has 3 aromatic heterocycles. The average Bonchev–Trinajstić information content (AvgIpc) is 3.53. The molecule has 4 heterocycles. The summed E-state index contributed by atoms with van der Waals surface area (Å²) in [5.74, 6) is 0.577. The lowest BCUT2D eigenvalue weighted by Crippen LogP contribution is -2.30. The highest BCUT2D eigenvalue weighted by Crippen LogP contribution is 2.37. The van der Waals surface area contributed by atoms with E-state index in [9.17, 15) is 20.3 Å². The normalized spacial score (nSPS) is 22.6. The first-order chi connectivity index (χ1) is 15.9. The maximum absolute atomic E-state index is 10.8. The van der Waals surface area contributed by atoms with Crippen molar-refractivity contribution < 1.29 is 24.6 Å². The van der Waals surface area contributed by atoms with Crippen LogP contribution in [0, 0.1) is 10.1 Å². The number of aliphatic hydroxyl groups is 2. The number of aromatic nitrogens is 6. The SMILES string of the molecule is C[C@H]1O[C@@H](n2c(-c3cn[nH]c3)nc3c(OCc4ccc([N+](=O)[O-])cc4)ncnc32)[C@H](O)[C@@H]1O. The van der Waals surface area contributed by atoms with Crippen LogP contribution in [0.3, 0.4) is 0 Å². The fraction of sp³-hybridized carbons (Fsp3) is 0.300. The van der Waals surface area contributed by atoms with Gasteiger partial charge >= 0.3 is 0 Å². The molecule has 0 unspecified atom stereocenters. The highest BCUT2D eigenvalue weighted by Gasteiger charge is 2.43. The largest absolute Gasteiger partial charge is 0.471 e. The third-order valence-corrected chi connectivity index (χ3v) is 5.45. The van der Waals surface area contributed by atoms with E-state index in [4.69, 9.17) is 9.47 Å². The van der Waals surface area contributed by atoms with E-state index in [2.05, 4.69) is 25.1 Å². The number of aliphatic hydroxyl groups excluding tert-OH is 2. The molecule has 1 aliphatic rings. The van der Waals surface area contributed by atoms with Crippen LogP contribution in [0.15, 0.2) is 43.0 Å². The van der Waals surface area contributed by atoms with Crippen molar-refractivity contribution in [1.29, 1.82) is 0 Å². The first kappa shape index (κ1) is 20.9. The number of non-ortho nitro benzene ring substituents is 1. The Balaban J connectivity index is 1.53. The standard InChI is InChI=1S/C20H19N7O6/c1-10-15(28)16(29)20(33-10)26-17(12-6-23-24-7-12)25-14-18(26)21-9-22-19(14)32-8-11-2-4-13(5-3-11)27(30)31/h2-7,9-10,15-16,20,28-29H,8H2,1H3,(H,23,24)/t10-,15-,16-,20-/m1/s1. The number of ether oxygens (including phenoxy) is 2. The number of hydrogen-bond donors (Lipinski definition) is 3. The first-order valence-corrected chi connectivity index (χ1v) is 10.0. The van der Waals surface area contributed by atoms with Crippen LogP contribution in [0.5, 0.6) is 5.88 Å². The fourth-order valence-electron chi connectivity index (χ4n) is 3.72. The summed E-state index contributed by atoms with van der Waals surface area (Å²) in [6.07, 6.45) is 0.660. The number of aromatic amines is 1. The molecule has 0 amide bonds. The molecule has 1 aromatic carbocycles.